The number of carbonyl (C=O) groups excluding carboxylic acids is 1. The Bertz CT molecular complexity index is 1060. The Kier molecular flexibility index (Phi) is 4.35. The maximum atomic E-state index is 13.1. The normalized spacial score (nSPS) is 20.8. The molecule has 1 saturated heterocycles. The zero-order valence-electron chi connectivity index (χ0n) is 16.7. The van der Waals surface area contributed by atoms with Gasteiger partial charge in [0.2, 0.25) is 5.82 Å². The van der Waals surface area contributed by atoms with Crippen LogP contribution < -0.4 is 0 Å². The smallest absolute Gasteiger partial charge is 0.293 e. The predicted molar refractivity (Wildman–Crippen MR) is 110 cm³/mol. The fourth-order valence-electron chi connectivity index (χ4n) is 4.59. The van der Waals surface area contributed by atoms with Gasteiger partial charge in [-0.1, -0.05) is 13.8 Å². The monoisotopic (exact) mass is 398 g/mol. The maximum Gasteiger partial charge on any atom is 0.293 e. The highest BCUT2D eigenvalue weighted by molar-refractivity contribution is 7.19. The van der Waals surface area contributed by atoms with Crippen LogP contribution in [0.4, 0.5) is 0 Å². The van der Waals surface area contributed by atoms with E-state index >= 15 is 0 Å². The van der Waals surface area contributed by atoms with Crippen molar-refractivity contribution in [2.75, 3.05) is 32.7 Å². The van der Waals surface area contributed by atoms with E-state index in [-0.39, 0.29) is 5.91 Å². The quantitative estimate of drug-likeness (QED) is 0.664. The van der Waals surface area contributed by atoms with Crippen LogP contribution in [0.25, 0.3) is 15.9 Å². The van der Waals surface area contributed by atoms with Crippen molar-refractivity contribution in [3.63, 3.8) is 0 Å². The number of aromatic nitrogens is 4. The highest BCUT2D eigenvalue weighted by atomic mass is 32.1. The summed E-state index contributed by atoms with van der Waals surface area (Å²) in [5.41, 5.74) is 2.18. The van der Waals surface area contributed by atoms with Gasteiger partial charge in [-0.05, 0) is 44.2 Å². The number of carbonyl (C=O) groups is 1. The van der Waals surface area contributed by atoms with Crippen molar-refractivity contribution in [2.45, 2.75) is 46.0 Å². The number of thiophene rings is 1. The van der Waals surface area contributed by atoms with Gasteiger partial charge in [-0.15, -0.1) is 16.4 Å². The Balaban J connectivity index is 1.59. The number of aryl methyl sites for hydroxylation is 2. The van der Waals surface area contributed by atoms with Gasteiger partial charge in [-0.3, -0.25) is 4.79 Å². The van der Waals surface area contributed by atoms with E-state index in [0.29, 0.717) is 11.7 Å². The number of hydrogen-bond donors (Lipinski definition) is 0. The first kappa shape index (κ1) is 18.0. The average Bonchev–Trinajstić information content (AvgIpc) is 3.30. The molecule has 0 aromatic carbocycles. The lowest BCUT2D eigenvalue weighted by Gasteiger charge is -2.33. The SMILES string of the molecule is CCN1CCN(C(=O)c2nc3c4c5c(sc4nc(C)n3n2)CCCC5C)CC1. The summed E-state index contributed by atoms with van der Waals surface area (Å²) >= 11 is 1.79. The topological polar surface area (TPSA) is 66.6 Å². The van der Waals surface area contributed by atoms with Crippen molar-refractivity contribution in [2.24, 2.45) is 0 Å². The van der Waals surface area contributed by atoms with E-state index in [1.165, 1.54) is 23.3 Å². The second-order valence-corrected chi connectivity index (χ2v) is 9.05. The molecule has 2 aliphatic rings. The summed E-state index contributed by atoms with van der Waals surface area (Å²) in [6, 6.07) is 0. The lowest BCUT2D eigenvalue weighted by atomic mass is 9.87. The second-order valence-electron chi connectivity index (χ2n) is 7.97. The van der Waals surface area contributed by atoms with Crippen LogP contribution in [0.5, 0.6) is 0 Å². The van der Waals surface area contributed by atoms with Crippen LogP contribution in [-0.4, -0.2) is 68.0 Å². The zero-order valence-corrected chi connectivity index (χ0v) is 17.6. The van der Waals surface area contributed by atoms with E-state index < -0.39 is 0 Å². The number of piperazine rings is 1. The van der Waals surface area contributed by atoms with Gasteiger partial charge in [0, 0.05) is 31.1 Å². The molecule has 0 spiro atoms. The summed E-state index contributed by atoms with van der Waals surface area (Å²) in [5, 5.41) is 5.68. The molecular weight excluding hydrogens is 372 g/mol. The molecule has 4 heterocycles. The van der Waals surface area contributed by atoms with Gasteiger partial charge < -0.3 is 9.80 Å². The van der Waals surface area contributed by atoms with Gasteiger partial charge in [0.15, 0.2) is 5.65 Å². The van der Waals surface area contributed by atoms with Crippen LogP contribution in [0, 0.1) is 6.92 Å². The van der Waals surface area contributed by atoms with Crippen LogP contribution in [0.15, 0.2) is 0 Å². The molecule has 1 unspecified atom stereocenters. The molecule has 5 rings (SSSR count). The first-order valence-electron chi connectivity index (χ1n) is 10.3. The molecule has 0 radical (unpaired) electrons. The molecule has 7 nitrogen and oxygen atoms in total. The Morgan fingerprint density at radius 3 is 2.75 bits per heavy atom. The van der Waals surface area contributed by atoms with Gasteiger partial charge in [-0.25, -0.2) is 9.97 Å². The van der Waals surface area contributed by atoms with Crippen molar-refractivity contribution in [1.82, 2.24) is 29.4 Å². The molecule has 8 heteroatoms. The van der Waals surface area contributed by atoms with Gasteiger partial charge in [0.1, 0.15) is 10.7 Å². The van der Waals surface area contributed by atoms with Crippen LogP contribution in [-0.2, 0) is 6.42 Å². The van der Waals surface area contributed by atoms with Gasteiger partial charge in [0.25, 0.3) is 5.91 Å². The third-order valence-corrected chi connectivity index (χ3v) is 7.40. The predicted octanol–water partition coefficient (Wildman–Crippen LogP) is 2.86. The van der Waals surface area contributed by atoms with Crippen LogP contribution >= 0.6 is 11.3 Å². The molecule has 0 saturated carbocycles. The Morgan fingerprint density at radius 2 is 2.00 bits per heavy atom. The molecule has 1 aliphatic carbocycles. The van der Waals surface area contributed by atoms with Crippen molar-refractivity contribution in [1.29, 1.82) is 0 Å². The lowest BCUT2D eigenvalue weighted by molar-refractivity contribution is 0.0631. The Morgan fingerprint density at radius 1 is 1.21 bits per heavy atom. The van der Waals surface area contributed by atoms with Crippen molar-refractivity contribution >= 4 is 33.1 Å². The van der Waals surface area contributed by atoms with Gasteiger partial charge >= 0.3 is 0 Å². The molecule has 1 aliphatic heterocycles. The van der Waals surface area contributed by atoms with Gasteiger partial charge in [0.05, 0.1) is 5.39 Å². The Labute approximate surface area is 168 Å². The van der Waals surface area contributed by atoms with E-state index in [1.54, 1.807) is 15.9 Å². The molecule has 1 fully saturated rings. The minimum atomic E-state index is -0.0656. The first-order chi connectivity index (χ1) is 13.6. The number of likely N-dealkylation sites (N-methyl/N-ethyl adjacent to an activating group) is 1. The molecule has 148 valence electrons. The largest absolute Gasteiger partial charge is 0.333 e. The third-order valence-electron chi connectivity index (χ3n) is 6.24. The molecule has 1 amide bonds. The molecule has 3 aromatic rings. The second kappa shape index (κ2) is 6.77. The van der Waals surface area contributed by atoms with E-state index in [1.807, 2.05) is 11.8 Å². The number of fused-ring (bicyclic) bond motifs is 5. The minimum Gasteiger partial charge on any atom is -0.333 e. The molecule has 0 bridgehead atoms. The van der Waals surface area contributed by atoms with Crippen LogP contribution in [0.2, 0.25) is 0 Å². The summed E-state index contributed by atoms with van der Waals surface area (Å²) in [6.45, 7) is 10.7. The molecule has 28 heavy (non-hydrogen) atoms. The summed E-state index contributed by atoms with van der Waals surface area (Å²) in [4.78, 5) is 29.3. The van der Waals surface area contributed by atoms with Gasteiger partial charge in [-0.2, -0.15) is 4.52 Å². The minimum absolute atomic E-state index is 0.0656. The lowest BCUT2D eigenvalue weighted by Crippen LogP contribution is -2.48. The summed E-state index contributed by atoms with van der Waals surface area (Å²) < 4.78 is 1.77. The summed E-state index contributed by atoms with van der Waals surface area (Å²) in [7, 11) is 0. The average molecular weight is 399 g/mol. The van der Waals surface area contributed by atoms with E-state index in [4.69, 9.17) is 9.97 Å². The van der Waals surface area contributed by atoms with Crippen molar-refractivity contribution < 1.29 is 4.79 Å². The molecule has 0 N–H and O–H groups in total. The number of rotatable bonds is 2. The van der Waals surface area contributed by atoms with Crippen molar-refractivity contribution in [3.8, 4) is 0 Å². The third kappa shape index (κ3) is 2.73. The van der Waals surface area contributed by atoms with Crippen LogP contribution in [0.1, 0.15) is 59.5 Å². The molecule has 1 atom stereocenters. The number of nitrogens with zero attached hydrogens (tertiary/aromatic N) is 6. The standard InChI is InChI=1S/C20H26N6OS/c1-4-24-8-10-25(11-9-24)20(27)17-22-18-16-15-12(2)6-5-7-14(15)28-19(16)21-13(3)26(18)23-17/h12H,4-11H2,1-3H3. The number of hydrogen-bond acceptors (Lipinski definition) is 6. The number of amides is 1. The van der Waals surface area contributed by atoms with E-state index in [9.17, 15) is 4.79 Å². The molecular formula is C20H26N6OS. The van der Waals surface area contributed by atoms with E-state index in [0.717, 1.165) is 60.8 Å². The fraction of sp³-hybridized carbons (Fsp3) is 0.600. The summed E-state index contributed by atoms with van der Waals surface area (Å²) in [5.74, 6) is 1.52. The highest BCUT2D eigenvalue weighted by Crippen LogP contribution is 2.42. The Hall–Kier alpha value is -2.06. The fourth-order valence-corrected chi connectivity index (χ4v) is 5.96. The van der Waals surface area contributed by atoms with E-state index in [2.05, 4.69) is 23.8 Å². The zero-order chi connectivity index (χ0) is 19.4. The van der Waals surface area contributed by atoms with Crippen molar-refractivity contribution in [3.05, 3.63) is 22.1 Å². The summed E-state index contributed by atoms with van der Waals surface area (Å²) in [6.07, 6.45) is 3.55. The highest BCUT2D eigenvalue weighted by Gasteiger charge is 2.29. The molecule has 3 aromatic heterocycles. The van der Waals surface area contributed by atoms with Crippen LogP contribution in [0.3, 0.4) is 0 Å². The maximum absolute atomic E-state index is 13.1. The first-order valence-corrected chi connectivity index (χ1v) is 11.1.